The molecule has 0 amide bonds. The van der Waals surface area contributed by atoms with Gasteiger partial charge in [-0.05, 0) is 25.0 Å². The Balaban J connectivity index is 1.82. The maximum atomic E-state index is 6.16. The molecule has 0 aliphatic heterocycles. The number of guanidine groups is 1. The summed E-state index contributed by atoms with van der Waals surface area (Å²) in [5, 5.41) is 8.26. The summed E-state index contributed by atoms with van der Waals surface area (Å²) in [6, 6.07) is 7.52. The maximum Gasteiger partial charge on any atom is 0.191 e. The minimum Gasteiger partial charge on any atom is -0.487 e. The van der Waals surface area contributed by atoms with Crippen LogP contribution in [0.25, 0.3) is 0 Å². The van der Waals surface area contributed by atoms with E-state index in [1.807, 2.05) is 30.5 Å². The molecule has 136 valence electrons. The Kier molecular flexibility index (Phi) is 8.01. The van der Waals surface area contributed by atoms with Gasteiger partial charge in [0.05, 0.1) is 18.1 Å². The molecule has 25 heavy (non-hydrogen) atoms. The van der Waals surface area contributed by atoms with Crippen LogP contribution >= 0.6 is 22.9 Å². The number of aromatic nitrogens is 1. The van der Waals surface area contributed by atoms with Crippen LogP contribution in [0.5, 0.6) is 5.75 Å². The van der Waals surface area contributed by atoms with Gasteiger partial charge in [-0.15, -0.1) is 11.3 Å². The van der Waals surface area contributed by atoms with E-state index in [4.69, 9.17) is 16.3 Å². The van der Waals surface area contributed by atoms with E-state index in [-0.39, 0.29) is 6.10 Å². The fraction of sp³-hybridized carbons (Fsp3) is 0.444. The lowest BCUT2D eigenvalue weighted by molar-refractivity contribution is 0.199. The third-order valence-corrected chi connectivity index (χ3v) is 5.12. The van der Waals surface area contributed by atoms with Gasteiger partial charge in [0.2, 0.25) is 0 Å². The number of aliphatic imine (C=N–C) groups is 1. The van der Waals surface area contributed by atoms with Gasteiger partial charge in [0, 0.05) is 18.1 Å². The average molecular weight is 381 g/mol. The molecular weight excluding hydrogens is 356 g/mol. The molecule has 1 aromatic heterocycles. The van der Waals surface area contributed by atoms with E-state index in [1.165, 1.54) is 4.88 Å². The van der Waals surface area contributed by atoms with Crippen LogP contribution in [0, 0.1) is 0 Å². The smallest absolute Gasteiger partial charge is 0.191 e. The number of hydrogen-bond acceptors (Lipinski definition) is 4. The molecule has 2 rings (SSSR count). The van der Waals surface area contributed by atoms with Crippen LogP contribution in [0.3, 0.4) is 0 Å². The van der Waals surface area contributed by atoms with Crippen molar-refractivity contribution in [3.63, 3.8) is 0 Å². The van der Waals surface area contributed by atoms with Crippen LogP contribution in [-0.2, 0) is 13.0 Å². The van der Waals surface area contributed by atoms with Crippen molar-refractivity contribution < 1.29 is 4.74 Å². The first-order valence-corrected chi connectivity index (χ1v) is 9.65. The normalized spacial score (nSPS) is 12.7. The molecule has 7 heteroatoms. The number of rotatable bonds is 8. The first-order valence-electron chi connectivity index (χ1n) is 8.45. The van der Waals surface area contributed by atoms with Crippen molar-refractivity contribution in [3.05, 3.63) is 45.4 Å². The predicted octanol–water partition coefficient (Wildman–Crippen LogP) is 3.88. The van der Waals surface area contributed by atoms with Gasteiger partial charge < -0.3 is 15.4 Å². The van der Waals surface area contributed by atoms with E-state index in [1.54, 1.807) is 18.4 Å². The van der Waals surface area contributed by atoms with Gasteiger partial charge in [-0.2, -0.15) is 0 Å². The monoisotopic (exact) mass is 380 g/mol. The second-order valence-electron chi connectivity index (χ2n) is 5.46. The molecule has 0 saturated heterocycles. The van der Waals surface area contributed by atoms with E-state index in [2.05, 4.69) is 34.5 Å². The third-order valence-electron chi connectivity index (χ3n) is 3.66. The lowest BCUT2D eigenvalue weighted by atomic mass is 10.2. The summed E-state index contributed by atoms with van der Waals surface area (Å²) >= 11 is 7.88. The van der Waals surface area contributed by atoms with Crippen LogP contribution in [-0.4, -0.2) is 30.6 Å². The quantitative estimate of drug-likeness (QED) is 0.539. The molecule has 0 aliphatic rings. The van der Waals surface area contributed by atoms with Crippen LogP contribution in [0.2, 0.25) is 5.02 Å². The predicted molar refractivity (Wildman–Crippen MR) is 106 cm³/mol. The number of hydrogen-bond donors (Lipinski definition) is 2. The van der Waals surface area contributed by atoms with E-state index < -0.39 is 0 Å². The lowest BCUT2D eigenvalue weighted by Crippen LogP contribution is -2.42. The Hall–Kier alpha value is -1.79. The average Bonchev–Trinajstić information content (AvgIpc) is 3.10. The number of para-hydroxylation sites is 1. The first-order chi connectivity index (χ1) is 12.2. The molecule has 1 atom stereocenters. The van der Waals surface area contributed by atoms with Crippen molar-refractivity contribution in [2.24, 2.45) is 4.99 Å². The Bertz CT molecular complexity index is 689. The number of thiazole rings is 1. The fourth-order valence-electron chi connectivity index (χ4n) is 2.17. The molecule has 1 aromatic carbocycles. The summed E-state index contributed by atoms with van der Waals surface area (Å²) in [5.41, 5.74) is 0. The fourth-order valence-corrected chi connectivity index (χ4v) is 3.16. The second kappa shape index (κ2) is 10.3. The van der Waals surface area contributed by atoms with Gasteiger partial charge >= 0.3 is 0 Å². The number of nitrogens with one attached hydrogen (secondary N) is 2. The molecule has 0 aliphatic carbocycles. The lowest BCUT2D eigenvalue weighted by Gasteiger charge is -2.20. The van der Waals surface area contributed by atoms with E-state index >= 15 is 0 Å². The van der Waals surface area contributed by atoms with Crippen LogP contribution in [0.4, 0.5) is 0 Å². The number of ether oxygens (including phenoxy) is 1. The highest BCUT2D eigenvalue weighted by atomic mass is 35.5. The summed E-state index contributed by atoms with van der Waals surface area (Å²) in [4.78, 5) is 9.95. The van der Waals surface area contributed by atoms with Crippen molar-refractivity contribution in [1.82, 2.24) is 15.6 Å². The molecule has 0 radical (unpaired) electrons. The largest absolute Gasteiger partial charge is 0.487 e. The highest BCUT2D eigenvalue weighted by Gasteiger charge is 2.11. The Labute approximate surface area is 158 Å². The maximum absolute atomic E-state index is 6.16. The first kappa shape index (κ1) is 19.5. The number of aryl methyl sites for hydroxylation is 1. The van der Waals surface area contributed by atoms with Gasteiger partial charge in [-0.3, -0.25) is 4.99 Å². The highest BCUT2D eigenvalue weighted by molar-refractivity contribution is 7.11. The van der Waals surface area contributed by atoms with E-state index in [9.17, 15) is 0 Å². The molecule has 0 saturated carbocycles. The van der Waals surface area contributed by atoms with Gasteiger partial charge in [-0.1, -0.05) is 37.6 Å². The van der Waals surface area contributed by atoms with Crippen LogP contribution in [0.1, 0.15) is 30.2 Å². The molecular formula is C18H25ClN4OS. The van der Waals surface area contributed by atoms with Crippen LogP contribution in [0.15, 0.2) is 35.5 Å². The third kappa shape index (κ3) is 6.21. The Morgan fingerprint density at radius 1 is 1.32 bits per heavy atom. The summed E-state index contributed by atoms with van der Waals surface area (Å²) in [6.07, 6.45) is 3.82. The van der Waals surface area contributed by atoms with Gasteiger partial charge in [0.15, 0.2) is 5.96 Å². The molecule has 2 N–H and O–H groups in total. The summed E-state index contributed by atoms with van der Waals surface area (Å²) in [7, 11) is 1.75. The molecule has 1 heterocycles. The number of benzene rings is 1. The summed E-state index contributed by atoms with van der Waals surface area (Å²) < 4.78 is 5.98. The topological polar surface area (TPSA) is 58.5 Å². The highest BCUT2D eigenvalue weighted by Crippen LogP contribution is 2.24. The minimum absolute atomic E-state index is 0.00464. The van der Waals surface area contributed by atoms with E-state index in [0.717, 1.165) is 23.8 Å². The number of halogens is 1. The van der Waals surface area contributed by atoms with E-state index in [0.29, 0.717) is 23.9 Å². The van der Waals surface area contributed by atoms with Gasteiger partial charge in [0.25, 0.3) is 0 Å². The molecule has 1 unspecified atom stereocenters. The van der Waals surface area contributed by atoms with Gasteiger partial charge in [-0.25, -0.2) is 4.98 Å². The molecule has 0 bridgehead atoms. The summed E-state index contributed by atoms with van der Waals surface area (Å²) in [6.45, 7) is 5.52. The molecule has 0 fully saturated rings. The minimum atomic E-state index is 0.00464. The van der Waals surface area contributed by atoms with Gasteiger partial charge in [0.1, 0.15) is 16.9 Å². The van der Waals surface area contributed by atoms with Crippen molar-refractivity contribution in [1.29, 1.82) is 0 Å². The standard InChI is InChI=1S/C18H25ClN4OS/c1-4-13(24-16-9-7-6-8-15(16)19)10-22-18(20-3)23-12-17-21-11-14(5-2)25-17/h6-9,11,13H,4-5,10,12H2,1-3H3,(H2,20,22,23). The molecule has 2 aromatic rings. The zero-order valence-corrected chi connectivity index (χ0v) is 16.5. The molecule has 5 nitrogen and oxygen atoms in total. The SMILES string of the molecule is CCc1cnc(CNC(=NC)NCC(CC)Oc2ccccc2Cl)s1. The van der Waals surface area contributed by atoms with Crippen molar-refractivity contribution >= 4 is 28.9 Å². The zero-order chi connectivity index (χ0) is 18.1. The Morgan fingerprint density at radius 2 is 2.12 bits per heavy atom. The van der Waals surface area contributed by atoms with Crippen LogP contribution < -0.4 is 15.4 Å². The second-order valence-corrected chi connectivity index (χ2v) is 7.07. The number of nitrogens with zero attached hydrogens (tertiary/aromatic N) is 2. The zero-order valence-electron chi connectivity index (χ0n) is 14.9. The van der Waals surface area contributed by atoms with Crippen molar-refractivity contribution in [2.45, 2.75) is 39.3 Å². The van der Waals surface area contributed by atoms with Crippen molar-refractivity contribution in [2.75, 3.05) is 13.6 Å². The van der Waals surface area contributed by atoms with Crippen molar-refractivity contribution in [3.8, 4) is 5.75 Å². The molecule has 0 spiro atoms. The Morgan fingerprint density at radius 3 is 2.76 bits per heavy atom. The summed E-state index contributed by atoms with van der Waals surface area (Å²) in [5.74, 6) is 1.44.